The fraction of sp³-hybridized carbons (Fsp3) is 0.0714. The van der Waals surface area contributed by atoms with Crippen molar-refractivity contribution in [1.82, 2.24) is 0 Å². The Kier molecular flexibility index (Phi) is 4.37. The Morgan fingerprint density at radius 1 is 1.15 bits per heavy atom. The van der Waals surface area contributed by atoms with Crippen molar-refractivity contribution in [1.29, 1.82) is 0 Å². The molecule has 6 heteroatoms. The highest BCUT2D eigenvalue weighted by Gasteiger charge is 2.07. The first-order valence-electron chi connectivity index (χ1n) is 5.73. The maximum atomic E-state index is 11.0. The number of primary amides is 1. The summed E-state index contributed by atoms with van der Waals surface area (Å²) < 4.78 is 5.57. The van der Waals surface area contributed by atoms with Gasteiger partial charge in [0.25, 0.3) is 0 Å². The highest BCUT2D eigenvalue weighted by Crippen LogP contribution is 2.28. The molecule has 0 radical (unpaired) electrons. The number of hydrogen-bond donors (Lipinski definition) is 2. The number of ether oxygens (including phenoxy) is 1. The van der Waals surface area contributed by atoms with Crippen LogP contribution in [0.1, 0.15) is 15.9 Å². The van der Waals surface area contributed by atoms with Gasteiger partial charge in [0.1, 0.15) is 12.4 Å². The Balaban J connectivity index is 2.13. The molecule has 0 saturated carbocycles. The summed E-state index contributed by atoms with van der Waals surface area (Å²) in [7, 11) is 0. The Morgan fingerprint density at radius 2 is 1.90 bits per heavy atom. The number of benzene rings is 2. The monoisotopic (exact) mass is 310 g/mol. The van der Waals surface area contributed by atoms with E-state index in [4.69, 9.17) is 39.4 Å². The van der Waals surface area contributed by atoms with E-state index in [0.29, 0.717) is 27.0 Å². The predicted octanol–water partition coefficient (Wildman–Crippen LogP) is 3.25. The van der Waals surface area contributed by atoms with Crippen molar-refractivity contribution < 1.29 is 9.53 Å². The topological polar surface area (TPSA) is 78.3 Å². The zero-order valence-corrected chi connectivity index (χ0v) is 11.9. The second kappa shape index (κ2) is 6.03. The molecular weight excluding hydrogens is 299 g/mol. The minimum absolute atomic E-state index is 0.228. The zero-order valence-electron chi connectivity index (χ0n) is 10.4. The third-order valence-corrected chi connectivity index (χ3v) is 3.24. The normalized spacial score (nSPS) is 10.3. The standard InChI is InChI=1S/C14H12Cl2N2O2/c15-10-3-4-13(11(16)6-10)20-7-9-2-1-8(14(18)19)5-12(9)17/h1-6H,7,17H2,(H2,18,19). The number of hydrogen-bond acceptors (Lipinski definition) is 3. The first-order chi connectivity index (χ1) is 9.47. The van der Waals surface area contributed by atoms with Crippen LogP contribution in [0.5, 0.6) is 5.75 Å². The molecular formula is C14H12Cl2N2O2. The molecule has 4 nitrogen and oxygen atoms in total. The number of nitrogen functional groups attached to an aromatic ring is 1. The summed E-state index contributed by atoms with van der Waals surface area (Å²) in [5, 5.41) is 0.956. The SMILES string of the molecule is NC(=O)c1ccc(COc2ccc(Cl)cc2Cl)c(N)c1. The number of anilines is 1. The van der Waals surface area contributed by atoms with Crippen LogP contribution in [0.2, 0.25) is 10.0 Å². The Bertz CT molecular complexity index is 660. The zero-order chi connectivity index (χ0) is 14.7. The molecule has 0 aromatic heterocycles. The molecule has 0 heterocycles. The second-order valence-electron chi connectivity index (χ2n) is 4.14. The average Bonchev–Trinajstić information content (AvgIpc) is 2.38. The van der Waals surface area contributed by atoms with E-state index in [2.05, 4.69) is 0 Å². The lowest BCUT2D eigenvalue weighted by atomic mass is 10.1. The van der Waals surface area contributed by atoms with E-state index < -0.39 is 5.91 Å². The van der Waals surface area contributed by atoms with Crippen LogP contribution in [0, 0.1) is 0 Å². The second-order valence-corrected chi connectivity index (χ2v) is 4.98. The Morgan fingerprint density at radius 3 is 2.50 bits per heavy atom. The molecule has 0 fully saturated rings. The molecule has 0 atom stereocenters. The molecule has 1 amide bonds. The molecule has 2 rings (SSSR count). The lowest BCUT2D eigenvalue weighted by Gasteiger charge is -2.10. The number of carbonyl (C=O) groups is 1. The molecule has 2 aromatic carbocycles. The van der Waals surface area contributed by atoms with Gasteiger partial charge in [-0.05, 0) is 30.3 Å². The molecule has 0 saturated heterocycles. The third kappa shape index (κ3) is 3.35. The van der Waals surface area contributed by atoms with E-state index in [-0.39, 0.29) is 6.61 Å². The van der Waals surface area contributed by atoms with Gasteiger partial charge < -0.3 is 16.2 Å². The average molecular weight is 311 g/mol. The van der Waals surface area contributed by atoms with Crippen LogP contribution < -0.4 is 16.2 Å². The van der Waals surface area contributed by atoms with E-state index in [9.17, 15) is 4.79 Å². The van der Waals surface area contributed by atoms with Crippen molar-refractivity contribution in [3.63, 3.8) is 0 Å². The lowest BCUT2D eigenvalue weighted by molar-refractivity contribution is 0.100. The maximum absolute atomic E-state index is 11.0. The number of amides is 1. The van der Waals surface area contributed by atoms with Gasteiger partial charge in [0.15, 0.2) is 0 Å². The van der Waals surface area contributed by atoms with Gasteiger partial charge in [0, 0.05) is 21.8 Å². The molecule has 2 aromatic rings. The van der Waals surface area contributed by atoms with Crippen LogP contribution >= 0.6 is 23.2 Å². The molecule has 0 unspecified atom stereocenters. The van der Waals surface area contributed by atoms with Crippen molar-refractivity contribution in [3.8, 4) is 5.75 Å². The van der Waals surface area contributed by atoms with Crippen LogP contribution in [-0.4, -0.2) is 5.91 Å². The van der Waals surface area contributed by atoms with Crippen LogP contribution in [0.4, 0.5) is 5.69 Å². The highest BCUT2D eigenvalue weighted by molar-refractivity contribution is 6.35. The summed E-state index contributed by atoms with van der Waals surface area (Å²) in [5.41, 5.74) is 12.6. The van der Waals surface area contributed by atoms with Crippen molar-refractivity contribution in [2.45, 2.75) is 6.61 Å². The van der Waals surface area contributed by atoms with Gasteiger partial charge in [-0.1, -0.05) is 29.3 Å². The van der Waals surface area contributed by atoms with Crippen molar-refractivity contribution in [3.05, 3.63) is 57.6 Å². The number of rotatable bonds is 4. The summed E-state index contributed by atoms with van der Waals surface area (Å²) in [6.45, 7) is 0.228. The quantitative estimate of drug-likeness (QED) is 0.851. The van der Waals surface area contributed by atoms with E-state index in [1.807, 2.05) is 0 Å². The fourth-order valence-corrected chi connectivity index (χ4v) is 2.09. The van der Waals surface area contributed by atoms with Crippen molar-refractivity contribution in [2.75, 3.05) is 5.73 Å². The molecule has 0 aliphatic rings. The summed E-state index contributed by atoms with van der Waals surface area (Å²) in [6, 6.07) is 9.77. The molecule has 104 valence electrons. The fourth-order valence-electron chi connectivity index (χ4n) is 1.63. The molecule has 0 bridgehead atoms. The number of halogens is 2. The Hall–Kier alpha value is -1.91. The summed E-state index contributed by atoms with van der Waals surface area (Å²) in [5.74, 6) is -0.0145. The van der Waals surface area contributed by atoms with Gasteiger partial charge in [0.05, 0.1) is 5.02 Å². The molecule has 0 aliphatic carbocycles. The predicted molar refractivity (Wildman–Crippen MR) is 80.2 cm³/mol. The summed E-state index contributed by atoms with van der Waals surface area (Å²) in [6.07, 6.45) is 0. The summed E-state index contributed by atoms with van der Waals surface area (Å²) in [4.78, 5) is 11.0. The minimum atomic E-state index is -0.523. The highest BCUT2D eigenvalue weighted by atomic mass is 35.5. The number of nitrogens with two attached hydrogens (primary N) is 2. The van der Waals surface area contributed by atoms with Gasteiger partial charge in [-0.3, -0.25) is 4.79 Å². The van der Waals surface area contributed by atoms with Crippen LogP contribution in [0.25, 0.3) is 0 Å². The minimum Gasteiger partial charge on any atom is -0.487 e. The maximum Gasteiger partial charge on any atom is 0.248 e. The van der Waals surface area contributed by atoms with Gasteiger partial charge >= 0.3 is 0 Å². The van der Waals surface area contributed by atoms with E-state index in [1.165, 1.54) is 6.07 Å². The van der Waals surface area contributed by atoms with E-state index in [1.54, 1.807) is 30.3 Å². The molecule has 4 N–H and O–H groups in total. The smallest absolute Gasteiger partial charge is 0.248 e. The van der Waals surface area contributed by atoms with Gasteiger partial charge in [0.2, 0.25) is 5.91 Å². The van der Waals surface area contributed by atoms with Gasteiger partial charge in [-0.25, -0.2) is 0 Å². The largest absolute Gasteiger partial charge is 0.487 e. The van der Waals surface area contributed by atoms with Crippen LogP contribution in [-0.2, 0) is 6.61 Å². The number of carbonyl (C=O) groups excluding carboxylic acids is 1. The Labute approximate surface area is 126 Å². The van der Waals surface area contributed by atoms with E-state index >= 15 is 0 Å². The third-order valence-electron chi connectivity index (χ3n) is 2.71. The van der Waals surface area contributed by atoms with Crippen molar-refractivity contribution >= 4 is 34.8 Å². The van der Waals surface area contributed by atoms with Gasteiger partial charge in [-0.2, -0.15) is 0 Å². The van der Waals surface area contributed by atoms with Crippen LogP contribution in [0.15, 0.2) is 36.4 Å². The molecule has 0 aliphatic heterocycles. The first kappa shape index (κ1) is 14.5. The van der Waals surface area contributed by atoms with E-state index in [0.717, 1.165) is 5.56 Å². The van der Waals surface area contributed by atoms with Crippen molar-refractivity contribution in [2.24, 2.45) is 5.73 Å². The van der Waals surface area contributed by atoms with Gasteiger partial charge in [-0.15, -0.1) is 0 Å². The molecule has 20 heavy (non-hydrogen) atoms. The molecule has 0 spiro atoms. The summed E-state index contributed by atoms with van der Waals surface area (Å²) >= 11 is 11.8. The first-order valence-corrected chi connectivity index (χ1v) is 6.49. The van der Waals surface area contributed by atoms with Crippen LogP contribution in [0.3, 0.4) is 0 Å². The lowest BCUT2D eigenvalue weighted by Crippen LogP contribution is -2.12.